The fourth-order valence-electron chi connectivity index (χ4n) is 3.81. The van der Waals surface area contributed by atoms with Crippen molar-refractivity contribution in [3.8, 4) is 0 Å². The summed E-state index contributed by atoms with van der Waals surface area (Å²) in [5.41, 5.74) is 0.912. The van der Waals surface area contributed by atoms with Gasteiger partial charge in [0.1, 0.15) is 18.1 Å². The minimum absolute atomic E-state index is 0.0144. The third-order valence-corrected chi connectivity index (χ3v) is 6.21. The zero-order valence-electron chi connectivity index (χ0n) is 18.9. The molecule has 0 unspecified atom stereocenters. The highest BCUT2D eigenvalue weighted by atomic mass is 35.6. The van der Waals surface area contributed by atoms with E-state index in [9.17, 15) is 9.59 Å². The Kier molecular flexibility index (Phi) is 9.18. The van der Waals surface area contributed by atoms with Gasteiger partial charge in [0.2, 0.25) is 18.3 Å². The smallest absolute Gasteiger partial charge is 0.338 e. The van der Waals surface area contributed by atoms with E-state index in [0.29, 0.717) is 5.56 Å². The van der Waals surface area contributed by atoms with Gasteiger partial charge in [-0.15, -0.1) is 11.6 Å². The number of carbonyl (C=O) groups is 2. The lowest BCUT2D eigenvalue weighted by atomic mass is 9.97. The number of benzene rings is 2. The summed E-state index contributed by atoms with van der Waals surface area (Å²) in [5.74, 6) is -2.87. The standard InChI is InChI=1S/C24H21Cl4NO8/c25-11-16(30)34-18-17-15(12-32-21(36-17)14-9-5-2-6-10-14)33-22(37-23(29)24(26,27)28)19(18)35-20(31)13-7-3-1-4-8-13/h1-10,15,17-19,21-22,29H,11-12H2/t15-,17-,18+,19-,21-,22-/m1/s1. The molecule has 0 aromatic heterocycles. The fourth-order valence-corrected chi connectivity index (χ4v) is 4.01. The van der Waals surface area contributed by atoms with Crippen LogP contribution in [0, 0.1) is 5.41 Å². The molecule has 6 atom stereocenters. The second kappa shape index (κ2) is 12.2. The molecule has 198 valence electrons. The number of rotatable bonds is 6. The molecular formula is C24H21Cl4NO8. The van der Waals surface area contributed by atoms with Crippen LogP contribution >= 0.6 is 46.4 Å². The largest absolute Gasteiger partial charge is 0.454 e. The molecule has 0 aliphatic carbocycles. The molecule has 2 saturated heterocycles. The molecule has 0 saturated carbocycles. The van der Waals surface area contributed by atoms with E-state index >= 15 is 0 Å². The molecule has 2 aromatic rings. The van der Waals surface area contributed by atoms with Gasteiger partial charge in [0.25, 0.3) is 3.79 Å². The van der Waals surface area contributed by atoms with Crippen molar-refractivity contribution in [2.24, 2.45) is 0 Å². The van der Waals surface area contributed by atoms with E-state index in [1.165, 1.54) is 12.1 Å². The van der Waals surface area contributed by atoms with Crippen LogP contribution in [-0.4, -0.2) is 64.8 Å². The molecule has 13 heteroatoms. The molecular weight excluding hydrogens is 572 g/mol. The van der Waals surface area contributed by atoms with Crippen LogP contribution in [0.25, 0.3) is 0 Å². The van der Waals surface area contributed by atoms with E-state index < -0.39 is 64.5 Å². The SMILES string of the molecule is N=C(O[C@H]1O[C@@H]2CO[C@@H](c3ccccc3)O[C@H]2[C@H](OC(=O)CCl)[C@H]1OC(=O)c1ccccc1)C(Cl)(Cl)Cl. The van der Waals surface area contributed by atoms with Crippen molar-refractivity contribution in [3.05, 3.63) is 71.8 Å². The van der Waals surface area contributed by atoms with Gasteiger partial charge >= 0.3 is 11.9 Å². The summed E-state index contributed by atoms with van der Waals surface area (Å²) in [7, 11) is 0. The zero-order valence-corrected chi connectivity index (χ0v) is 22.0. The summed E-state index contributed by atoms with van der Waals surface area (Å²) in [4.78, 5) is 25.3. The van der Waals surface area contributed by atoms with Crippen molar-refractivity contribution < 1.29 is 38.0 Å². The van der Waals surface area contributed by atoms with Gasteiger partial charge in [-0.1, -0.05) is 83.3 Å². The van der Waals surface area contributed by atoms with Crippen LogP contribution in [0.15, 0.2) is 60.7 Å². The van der Waals surface area contributed by atoms with Gasteiger partial charge in [-0.3, -0.25) is 10.2 Å². The Morgan fingerprint density at radius 2 is 1.57 bits per heavy atom. The second-order valence-electron chi connectivity index (χ2n) is 7.99. The van der Waals surface area contributed by atoms with E-state index in [-0.39, 0.29) is 12.2 Å². The first kappa shape index (κ1) is 27.9. The molecule has 37 heavy (non-hydrogen) atoms. The maximum atomic E-state index is 13.0. The lowest BCUT2D eigenvalue weighted by molar-refractivity contribution is -0.351. The Labute approximate surface area is 232 Å². The van der Waals surface area contributed by atoms with E-state index in [4.69, 9.17) is 80.2 Å². The van der Waals surface area contributed by atoms with Gasteiger partial charge < -0.3 is 28.4 Å². The van der Waals surface area contributed by atoms with Crippen molar-refractivity contribution in [2.75, 3.05) is 12.5 Å². The number of esters is 2. The van der Waals surface area contributed by atoms with Crippen molar-refractivity contribution in [2.45, 2.75) is 40.8 Å². The molecule has 0 bridgehead atoms. The van der Waals surface area contributed by atoms with Crippen molar-refractivity contribution in [1.82, 2.24) is 0 Å². The Bertz CT molecular complexity index is 1100. The number of ether oxygens (including phenoxy) is 6. The molecule has 0 spiro atoms. The second-order valence-corrected chi connectivity index (χ2v) is 10.5. The lowest BCUT2D eigenvalue weighted by Crippen LogP contribution is -2.64. The van der Waals surface area contributed by atoms with E-state index in [1.54, 1.807) is 30.3 Å². The van der Waals surface area contributed by atoms with Crippen LogP contribution < -0.4 is 0 Å². The van der Waals surface area contributed by atoms with Crippen LogP contribution in [-0.2, 0) is 33.2 Å². The third-order valence-electron chi connectivity index (χ3n) is 5.48. The summed E-state index contributed by atoms with van der Waals surface area (Å²) in [5, 5.41) is 8.00. The molecule has 1 N–H and O–H groups in total. The molecule has 2 fully saturated rings. The number of fused-ring (bicyclic) bond motifs is 1. The Hall–Kier alpha value is -2.11. The van der Waals surface area contributed by atoms with Crippen molar-refractivity contribution in [3.63, 3.8) is 0 Å². The first-order chi connectivity index (χ1) is 17.7. The first-order valence-corrected chi connectivity index (χ1v) is 12.7. The summed E-state index contributed by atoms with van der Waals surface area (Å²) in [6.45, 7) is -0.0144. The summed E-state index contributed by atoms with van der Waals surface area (Å²) < 4.78 is 32.4. The minimum atomic E-state index is -2.24. The van der Waals surface area contributed by atoms with Crippen LogP contribution in [0.1, 0.15) is 22.2 Å². The van der Waals surface area contributed by atoms with Crippen molar-refractivity contribution >= 4 is 64.2 Å². The zero-order chi connectivity index (χ0) is 26.6. The van der Waals surface area contributed by atoms with Gasteiger partial charge in [0.15, 0.2) is 12.4 Å². The molecule has 9 nitrogen and oxygen atoms in total. The van der Waals surface area contributed by atoms with Gasteiger partial charge in [0.05, 0.1) is 12.2 Å². The lowest BCUT2D eigenvalue weighted by Gasteiger charge is -2.48. The third kappa shape index (κ3) is 6.86. The molecule has 4 rings (SSSR count). The highest BCUT2D eigenvalue weighted by Crippen LogP contribution is 2.38. The Morgan fingerprint density at radius 1 is 0.919 bits per heavy atom. The number of hydrogen-bond donors (Lipinski definition) is 1. The van der Waals surface area contributed by atoms with Gasteiger partial charge in [-0.2, -0.15) is 0 Å². The highest BCUT2D eigenvalue weighted by Gasteiger charge is 2.55. The summed E-state index contributed by atoms with van der Waals surface area (Å²) >= 11 is 23.1. The summed E-state index contributed by atoms with van der Waals surface area (Å²) in [6, 6.07) is 17.1. The number of hydrogen-bond acceptors (Lipinski definition) is 9. The number of nitrogens with one attached hydrogen (secondary N) is 1. The number of halogens is 4. The van der Waals surface area contributed by atoms with Gasteiger partial charge in [0, 0.05) is 5.56 Å². The first-order valence-electron chi connectivity index (χ1n) is 11.0. The topological polar surface area (TPSA) is 113 Å². The molecule has 2 aliphatic heterocycles. The molecule has 2 aromatic carbocycles. The minimum Gasteiger partial charge on any atom is -0.454 e. The molecule has 0 radical (unpaired) electrons. The number of alkyl halides is 4. The van der Waals surface area contributed by atoms with Gasteiger partial charge in [-0.05, 0) is 12.1 Å². The van der Waals surface area contributed by atoms with Crippen molar-refractivity contribution in [1.29, 1.82) is 5.41 Å². The fraction of sp³-hybridized carbons (Fsp3) is 0.375. The van der Waals surface area contributed by atoms with Crippen LogP contribution in [0.3, 0.4) is 0 Å². The predicted molar refractivity (Wildman–Crippen MR) is 134 cm³/mol. The molecule has 0 amide bonds. The van der Waals surface area contributed by atoms with Crippen LogP contribution in [0.4, 0.5) is 0 Å². The highest BCUT2D eigenvalue weighted by molar-refractivity contribution is 6.76. The Morgan fingerprint density at radius 3 is 2.19 bits per heavy atom. The average molecular weight is 593 g/mol. The molecule has 2 aliphatic rings. The van der Waals surface area contributed by atoms with Gasteiger partial charge in [-0.25, -0.2) is 4.79 Å². The monoisotopic (exact) mass is 591 g/mol. The maximum Gasteiger partial charge on any atom is 0.338 e. The predicted octanol–water partition coefficient (Wildman–Crippen LogP) is 4.57. The quantitative estimate of drug-likeness (QED) is 0.225. The molecule has 2 heterocycles. The van der Waals surface area contributed by atoms with E-state index in [0.717, 1.165) is 0 Å². The van der Waals surface area contributed by atoms with Crippen LogP contribution in [0.5, 0.6) is 0 Å². The van der Waals surface area contributed by atoms with E-state index in [2.05, 4.69) is 0 Å². The average Bonchev–Trinajstić information content (AvgIpc) is 2.90. The maximum absolute atomic E-state index is 13.0. The normalized spacial score (nSPS) is 27.5. The number of carbonyl (C=O) groups excluding carboxylic acids is 2. The van der Waals surface area contributed by atoms with E-state index in [1.807, 2.05) is 18.2 Å². The Balaban J connectivity index is 1.67. The van der Waals surface area contributed by atoms with Crippen LogP contribution in [0.2, 0.25) is 0 Å². The summed E-state index contributed by atoms with van der Waals surface area (Å²) in [6.07, 6.45) is -6.91.